The molecule has 19 heteroatoms. The molecule has 0 aromatic rings. The van der Waals surface area contributed by atoms with E-state index in [1.54, 1.807) is 0 Å². The van der Waals surface area contributed by atoms with E-state index in [0.717, 1.165) is 0 Å². The van der Waals surface area contributed by atoms with E-state index in [9.17, 15) is 0 Å². The van der Waals surface area contributed by atoms with Crippen molar-refractivity contribution >= 4 is 11.4 Å². The van der Waals surface area contributed by atoms with E-state index in [1.165, 1.54) is 0 Å². The quantitative estimate of drug-likeness (QED) is 0.273. The fourth-order valence-corrected chi connectivity index (χ4v) is 0. The molecule has 0 unspecified atom stereocenters. The van der Waals surface area contributed by atoms with Crippen LogP contribution in [0.4, 0.5) is 0 Å². The van der Waals surface area contributed by atoms with Gasteiger partial charge in [-0.05, 0) is 0 Å². The van der Waals surface area contributed by atoms with Crippen LogP contribution in [0.3, 0.4) is 0 Å². The van der Waals surface area contributed by atoms with Gasteiger partial charge in [0.15, 0.2) is 0 Å². The first-order valence-electron chi connectivity index (χ1n) is 1.12. The molecule has 114 valence electrons. The minimum absolute atomic E-state index is 0. The molecule has 0 heterocycles. The van der Waals surface area contributed by atoms with Crippen LogP contribution >= 0.6 is 0 Å². The molecule has 0 fully saturated rings. The average Bonchev–Trinajstić information content (AvgIpc) is 1.19. The van der Waals surface area contributed by atoms with Crippen LogP contribution in [0.2, 0.25) is 0 Å². The van der Waals surface area contributed by atoms with Crippen LogP contribution in [0, 0.1) is 0 Å². The van der Waals surface area contributed by atoms with Gasteiger partial charge in [-0.3, -0.25) is 4.21 Å². The predicted molar refractivity (Wildman–Crippen MR) is 37.1 cm³/mol. The molecule has 19 heavy (non-hydrogen) atoms. The van der Waals surface area contributed by atoms with Crippen LogP contribution in [0.15, 0.2) is 0 Å². The maximum absolute atomic E-state index is 8.58. The molecule has 0 saturated heterocycles. The van der Waals surface area contributed by atoms with Crippen molar-refractivity contribution in [3.05, 3.63) is 0 Å². The summed E-state index contributed by atoms with van der Waals surface area (Å²) in [5.74, 6) is 0. The summed E-state index contributed by atoms with van der Waals surface area (Å²) < 4.78 is 59.6. The third kappa shape index (κ3) is 727. The third-order valence-electron chi connectivity index (χ3n) is 0. The second kappa shape index (κ2) is 58.0. The zero-order valence-electron chi connectivity index (χ0n) is 10.1. The normalized spacial score (nSPS) is 4.84. The average molecular weight is 410 g/mol. The summed E-state index contributed by atoms with van der Waals surface area (Å²) in [6.45, 7) is 0. The van der Waals surface area contributed by atoms with E-state index < -0.39 is 24.3 Å². The summed E-state index contributed by atoms with van der Waals surface area (Å²) in [6.07, 6.45) is 0. The van der Waals surface area contributed by atoms with Gasteiger partial charge in [0, 0.05) is 0 Å². The SMILES string of the molecule is O.O.O.O.O.O.O.O=S([O-])[O-].[K+].[Na+].[Na+].[O]=[Mn](=[O])(=[O])[O-]. The van der Waals surface area contributed by atoms with E-state index >= 15 is 0 Å². The van der Waals surface area contributed by atoms with Crippen molar-refractivity contribution in [2.45, 2.75) is 0 Å². The first-order valence-corrected chi connectivity index (χ1v) is 4.04. The molecule has 0 bridgehead atoms. The molecule has 0 amide bonds. The molecule has 0 rings (SSSR count). The standard InChI is InChI=1S/K.Mn.2Na.H2O3S.7H2O.4O/c;;;;1-4(2)3;;;;;;;;;;;/h;;;;(H2,1,2,3);7*1H2;;;;/q+1;;2*+1;;;;;;;;;;;;-1/p-2. The Bertz CT molecular complexity index is 211. The molecule has 0 aromatic heterocycles. The van der Waals surface area contributed by atoms with Crippen LogP contribution < -0.4 is 115 Å². The first-order chi connectivity index (χ1) is 3.73. The monoisotopic (exact) mass is 410 g/mol. The molecule has 0 aliphatic carbocycles. The molecule has 0 aromatic carbocycles. The van der Waals surface area contributed by atoms with Gasteiger partial charge in [0.05, 0.1) is 0 Å². The van der Waals surface area contributed by atoms with Crippen LogP contribution in [0.25, 0.3) is 0 Å². The molecule has 0 spiro atoms. The molecule has 0 atom stereocenters. The van der Waals surface area contributed by atoms with E-state index in [4.69, 9.17) is 29.0 Å². The Morgan fingerprint density at radius 2 is 0.684 bits per heavy atom. The summed E-state index contributed by atoms with van der Waals surface area (Å²) in [5.41, 5.74) is 0. The molecule has 14 N–H and O–H groups in total. The predicted octanol–water partition coefficient (Wildman–Crippen LogP) is -17.3. The summed E-state index contributed by atoms with van der Waals surface area (Å²) in [6, 6.07) is 0. The van der Waals surface area contributed by atoms with Gasteiger partial charge < -0.3 is 47.4 Å². The molecular formula is H14KMnNa2O14S. The molecule has 0 saturated carbocycles. The Morgan fingerprint density at radius 3 is 0.684 bits per heavy atom. The molecular weight excluding hydrogens is 396 g/mol. The van der Waals surface area contributed by atoms with E-state index in [1.807, 2.05) is 0 Å². The van der Waals surface area contributed by atoms with Gasteiger partial charge in [0.25, 0.3) is 0 Å². The van der Waals surface area contributed by atoms with E-state index in [0.29, 0.717) is 0 Å². The minimum atomic E-state index is -5.62. The second-order valence-corrected chi connectivity index (χ2v) is 2.17. The zero-order valence-corrected chi connectivity index (χ0v) is 19.3. The van der Waals surface area contributed by atoms with Gasteiger partial charge in [-0.25, -0.2) is 0 Å². The van der Waals surface area contributed by atoms with Gasteiger partial charge in [-0.15, -0.1) is 11.4 Å². The second-order valence-electron chi connectivity index (χ2n) is 0.582. The third-order valence-corrected chi connectivity index (χ3v) is 0. The van der Waals surface area contributed by atoms with Crippen molar-refractivity contribution < 1.29 is 191 Å². The Labute approximate surface area is 198 Å². The zero-order chi connectivity index (χ0) is 8.08. The van der Waals surface area contributed by atoms with Crippen LogP contribution in [0.5, 0.6) is 0 Å². The van der Waals surface area contributed by atoms with Gasteiger partial charge in [0.2, 0.25) is 0 Å². The first kappa shape index (κ1) is 95.3. The number of hydrogen-bond acceptors (Lipinski definition) is 7. The molecule has 0 aliphatic heterocycles. The summed E-state index contributed by atoms with van der Waals surface area (Å²) >= 11 is -8.74. The van der Waals surface area contributed by atoms with Crippen molar-refractivity contribution in [2.75, 3.05) is 0 Å². The van der Waals surface area contributed by atoms with Crippen molar-refractivity contribution in [3.8, 4) is 0 Å². The van der Waals surface area contributed by atoms with E-state index in [2.05, 4.69) is 0 Å². The fraction of sp³-hybridized carbons (Fsp3) is 0. The van der Waals surface area contributed by atoms with Crippen LogP contribution in [0.1, 0.15) is 0 Å². The van der Waals surface area contributed by atoms with Gasteiger partial charge in [-0.2, -0.15) is 0 Å². The number of hydrogen-bond donors (Lipinski definition) is 0. The van der Waals surface area contributed by atoms with Gasteiger partial charge in [0.1, 0.15) is 0 Å². The fourth-order valence-electron chi connectivity index (χ4n) is 0. The molecule has 0 radical (unpaired) electrons. The van der Waals surface area contributed by atoms with Gasteiger partial charge in [-0.1, -0.05) is 0 Å². The topological polar surface area (TPSA) is 358 Å². The van der Waals surface area contributed by atoms with E-state index in [-0.39, 0.29) is 149 Å². The summed E-state index contributed by atoms with van der Waals surface area (Å²) in [4.78, 5) is 0. The number of rotatable bonds is 0. The Morgan fingerprint density at radius 1 is 0.684 bits per heavy atom. The maximum atomic E-state index is 8.58. The summed E-state index contributed by atoms with van der Waals surface area (Å²) in [5, 5.41) is 0. The van der Waals surface area contributed by atoms with Crippen molar-refractivity contribution in [1.82, 2.24) is 0 Å². The van der Waals surface area contributed by atoms with Crippen molar-refractivity contribution in [3.63, 3.8) is 0 Å². The Balaban J connectivity index is -0.00000000340. The Hall–Kier alpha value is 3.31. The molecule has 0 aliphatic rings. The summed E-state index contributed by atoms with van der Waals surface area (Å²) in [7, 11) is 0. The Kier molecular flexibility index (Phi) is 291. The van der Waals surface area contributed by atoms with Crippen molar-refractivity contribution in [1.29, 1.82) is 0 Å². The van der Waals surface area contributed by atoms with Gasteiger partial charge >= 0.3 is 139 Å². The van der Waals surface area contributed by atoms with Crippen LogP contribution in [-0.2, 0) is 35.8 Å². The van der Waals surface area contributed by atoms with Crippen molar-refractivity contribution in [2.24, 2.45) is 0 Å². The molecule has 14 nitrogen and oxygen atoms in total. The van der Waals surface area contributed by atoms with Crippen LogP contribution in [-0.4, -0.2) is 51.6 Å².